The number of aromatic nitrogens is 1. The highest BCUT2D eigenvalue weighted by Crippen LogP contribution is 2.21. The molecule has 1 fully saturated rings. The Morgan fingerprint density at radius 3 is 2.77 bits per heavy atom. The number of anilines is 2. The molecule has 2 heterocycles. The van der Waals surface area contributed by atoms with Crippen molar-refractivity contribution in [3.8, 4) is 5.75 Å². The van der Waals surface area contributed by atoms with Crippen LogP contribution in [0.15, 0.2) is 42.6 Å². The highest BCUT2D eigenvalue weighted by Gasteiger charge is 2.12. The van der Waals surface area contributed by atoms with Crippen molar-refractivity contribution in [2.45, 2.75) is 6.92 Å². The minimum Gasteiger partial charge on any atom is -0.496 e. The Bertz CT molecular complexity index is 781. The highest BCUT2D eigenvalue weighted by molar-refractivity contribution is 6.02. The van der Waals surface area contributed by atoms with Crippen LogP contribution in [0.5, 0.6) is 5.75 Å². The molecular weight excluding hydrogens is 330 g/mol. The van der Waals surface area contributed by atoms with Crippen LogP contribution in [0.1, 0.15) is 11.1 Å². The van der Waals surface area contributed by atoms with Gasteiger partial charge in [-0.3, -0.25) is 4.79 Å². The molecule has 0 bridgehead atoms. The lowest BCUT2D eigenvalue weighted by Crippen LogP contribution is -2.36. The van der Waals surface area contributed by atoms with E-state index in [1.54, 1.807) is 19.4 Å². The lowest BCUT2D eigenvalue weighted by molar-refractivity contribution is -0.111. The molecule has 0 unspecified atom stereocenters. The summed E-state index contributed by atoms with van der Waals surface area (Å²) in [5.74, 6) is 1.41. The SMILES string of the molecule is COc1ccc(C)cc1C=CC(=O)Nc1ccc(N2CCOCC2)nc1. The Balaban J connectivity index is 1.62. The fourth-order valence-corrected chi connectivity index (χ4v) is 2.77. The second kappa shape index (κ2) is 8.49. The zero-order chi connectivity index (χ0) is 18.4. The molecule has 0 radical (unpaired) electrons. The molecular formula is C20H23N3O3. The number of pyridine rings is 1. The van der Waals surface area contributed by atoms with E-state index in [0.717, 1.165) is 35.8 Å². The minimum absolute atomic E-state index is 0.213. The summed E-state index contributed by atoms with van der Waals surface area (Å²) >= 11 is 0. The van der Waals surface area contributed by atoms with Gasteiger partial charge in [-0.15, -0.1) is 0 Å². The van der Waals surface area contributed by atoms with E-state index in [2.05, 4.69) is 15.2 Å². The van der Waals surface area contributed by atoms with Crippen LogP contribution in [-0.4, -0.2) is 44.3 Å². The van der Waals surface area contributed by atoms with E-state index < -0.39 is 0 Å². The van der Waals surface area contributed by atoms with E-state index in [1.807, 2.05) is 37.3 Å². The van der Waals surface area contributed by atoms with E-state index >= 15 is 0 Å². The Kier molecular flexibility index (Phi) is 5.86. The third-order valence-electron chi connectivity index (χ3n) is 4.15. The Morgan fingerprint density at radius 1 is 1.27 bits per heavy atom. The topological polar surface area (TPSA) is 63.7 Å². The number of aryl methyl sites for hydroxylation is 1. The van der Waals surface area contributed by atoms with Crippen molar-refractivity contribution in [3.63, 3.8) is 0 Å². The van der Waals surface area contributed by atoms with Crippen molar-refractivity contribution >= 4 is 23.5 Å². The van der Waals surface area contributed by atoms with Gasteiger partial charge in [-0.2, -0.15) is 0 Å². The van der Waals surface area contributed by atoms with E-state index in [4.69, 9.17) is 9.47 Å². The summed E-state index contributed by atoms with van der Waals surface area (Å²) < 4.78 is 10.7. The summed E-state index contributed by atoms with van der Waals surface area (Å²) in [5, 5.41) is 2.82. The van der Waals surface area contributed by atoms with E-state index in [0.29, 0.717) is 18.9 Å². The molecule has 6 heteroatoms. The molecule has 1 amide bonds. The molecule has 2 aromatic rings. The molecule has 0 saturated carbocycles. The molecule has 1 aliphatic heterocycles. The normalized spacial score (nSPS) is 14.5. The van der Waals surface area contributed by atoms with Crippen molar-refractivity contribution in [1.82, 2.24) is 4.98 Å². The zero-order valence-corrected chi connectivity index (χ0v) is 15.1. The molecule has 1 aromatic carbocycles. The Labute approximate surface area is 153 Å². The number of rotatable bonds is 5. The molecule has 26 heavy (non-hydrogen) atoms. The second-order valence-electron chi connectivity index (χ2n) is 6.07. The number of hydrogen-bond donors (Lipinski definition) is 1. The number of hydrogen-bond acceptors (Lipinski definition) is 5. The van der Waals surface area contributed by atoms with Gasteiger partial charge in [-0.1, -0.05) is 11.6 Å². The first kappa shape index (κ1) is 17.9. The minimum atomic E-state index is -0.213. The average Bonchev–Trinajstić information content (AvgIpc) is 2.68. The maximum atomic E-state index is 12.2. The van der Waals surface area contributed by atoms with Gasteiger partial charge in [0, 0.05) is 24.7 Å². The summed E-state index contributed by atoms with van der Waals surface area (Å²) in [4.78, 5) is 18.8. The molecule has 1 aliphatic rings. The summed E-state index contributed by atoms with van der Waals surface area (Å²) in [6.45, 7) is 5.10. The van der Waals surface area contributed by atoms with Gasteiger partial charge in [0.2, 0.25) is 5.91 Å². The van der Waals surface area contributed by atoms with E-state index in [1.165, 1.54) is 6.08 Å². The van der Waals surface area contributed by atoms with Gasteiger partial charge in [0.25, 0.3) is 0 Å². The average molecular weight is 353 g/mol. The van der Waals surface area contributed by atoms with Gasteiger partial charge in [0.1, 0.15) is 11.6 Å². The van der Waals surface area contributed by atoms with Crippen molar-refractivity contribution < 1.29 is 14.3 Å². The quantitative estimate of drug-likeness (QED) is 0.838. The molecule has 1 saturated heterocycles. The first-order valence-electron chi connectivity index (χ1n) is 8.58. The highest BCUT2D eigenvalue weighted by atomic mass is 16.5. The number of morpholine rings is 1. The Hall–Kier alpha value is -2.86. The Morgan fingerprint density at radius 2 is 2.08 bits per heavy atom. The second-order valence-corrected chi connectivity index (χ2v) is 6.07. The number of nitrogens with one attached hydrogen (secondary N) is 1. The van der Waals surface area contributed by atoms with Crippen molar-refractivity contribution in [3.05, 3.63) is 53.7 Å². The zero-order valence-electron chi connectivity index (χ0n) is 15.1. The standard InChI is InChI=1S/C20H23N3O3/c1-15-3-6-18(25-2)16(13-15)4-8-20(24)22-17-5-7-19(21-14-17)23-9-11-26-12-10-23/h3-8,13-14H,9-12H2,1-2H3,(H,22,24). The fraction of sp³-hybridized carbons (Fsp3) is 0.300. The smallest absolute Gasteiger partial charge is 0.248 e. The van der Waals surface area contributed by atoms with E-state index in [-0.39, 0.29) is 5.91 Å². The molecule has 136 valence electrons. The molecule has 3 rings (SSSR count). The van der Waals surface area contributed by atoms with Gasteiger partial charge in [-0.05, 0) is 37.3 Å². The maximum absolute atomic E-state index is 12.2. The van der Waals surface area contributed by atoms with Crippen LogP contribution in [0.2, 0.25) is 0 Å². The number of carbonyl (C=O) groups excluding carboxylic acids is 1. The van der Waals surface area contributed by atoms with Crippen LogP contribution in [0.25, 0.3) is 6.08 Å². The number of nitrogens with zero attached hydrogens (tertiary/aromatic N) is 2. The van der Waals surface area contributed by atoms with E-state index in [9.17, 15) is 4.79 Å². The molecule has 0 spiro atoms. The van der Waals surface area contributed by atoms with Crippen LogP contribution in [-0.2, 0) is 9.53 Å². The van der Waals surface area contributed by atoms with Crippen molar-refractivity contribution in [2.75, 3.05) is 43.6 Å². The molecule has 1 aromatic heterocycles. The predicted molar refractivity (Wildman–Crippen MR) is 103 cm³/mol. The summed E-state index contributed by atoms with van der Waals surface area (Å²) in [7, 11) is 1.61. The number of benzene rings is 1. The summed E-state index contributed by atoms with van der Waals surface area (Å²) in [6.07, 6.45) is 4.91. The van der Waals surface area contributed by atoms with Gasteiger partial charge in [-0.25, -0.2) is 4.98 Å². The number of ether oxygens (including phenoxy) is 2. The fourth-order valence-electron chi connectivity index (χ4n) is 2.77. The van der Waals surface area contributed by atoms with Crippen LogP contribution in [0, 0.1) is 6.92 Å². The van der Waals surface area contributed by atoms with Gasteiger partial charge < -0.3 is 19.7 Å². The first-order valence-corrected chi connectivity index (χ1v) is 8.58. The van der Waals surface area contributed by atoms with Crippen LogP contribution in [0.4, 0.5) is 11.5 Å². The lowest BCUT2D eigenvalue weighted by Gasteiger charge is -2.27. The first-order chi connectivity index (χ1) is 12.7. The van der Waals surface area contributed by atoms with Gasteiger partial charge >= 0.3 is 0 Å². The molecule has 6 nitrogen and oxygen atoms in total. The third-order valence-corrected chi connectivity index (χ3v) is 4.15. The third kappa shape index (κ3) is 4.61. The van der Waals surface area contributed by atoms with Crippen LogP contribution < -0.4 is 15.0 Å². The van der Waals surface area contributed by atoms with Crippen molar-refractivity contribution in [2.24, 2.45) is 0 Å². The van der Waals surface area contributed by atoms with Crippen LogP contribution in [0.3, 0.4) is 0 Å². The molecule has 0 aliphatic carbocycles. The lowest BCUT2D eigenvalue weighted by atomic mass is 10.1. The molecule has 1 N–H and O–H groups in total. The van der Waals surface area contributed by atoms with Crippen LogP contribution >= 0.6 is 0 Å². The predicted octanol–water partition coefficient (Wildman–Crippen LogP) is 2.89. The largest absolute Gasteiger partial charge is 0.496 e. The number of methoxy groups -OCH3 is 1. The number of carbonyl (C=O) groups is 1. The summed E-state index contributed by atoms with van der Waals surface area (Å²) in [5.41, 5.74) is 2.63. The monoisotopic (exact) mass is 353 g/mol. The molecule has 0 atom stereocenters. The summed E-state index contributed by atoms with van der Waals surface area (Å²) in [6, 6.07) is 9.60. The number of amides is 1. The van der Waals surface area contributed by atoms with Gasteiger partial charge in [0.05, 0.1) is 32.2 Å². The van der Waals surface area contributed by atoms with Gasteiger partial charge in [0.15, 0.2) is 0 Å². The maximum Gasteiger partial charge on any atom is 0.248 e. The van der Waals surface area contributed by atoms with Crippen molar-refractivity contribution in [1.29, 1.82) is 0 Å².